The normalized spacial score (nSPS) is 11.4. The van der Waals surface area contributed by atoms with Crippen molar-refractivity contribution in [2.75, 3.05) is 57.0 Å². The minimum atomic E-state index is 0.310. The summed E-state index contributed by atoms with van der Waals surface area (Å²) in [5.74, 6) is 1.13. The minimum Gasteiger partial charge on any atom is -0.494 e. The number of ether oxygens (including phenoxy) is 1. The first-order valence-corrected chi connectivity index (χ1v) is 14.7. The zero-order chi connectivity index (χ0) is 29.8. The first kappa shape index (κ1) is 29.2. The first-order valence-electron chi connectivity index (χ1n) is 13.8. The van der Waals surface area contributed by atoms with Crippen LogP contribution in [-0.2, 0) is 4.84 Å². The number of para-hydroxylation sites is 1. The summed E-state index contributed by atoms with van der Waals surface area (Å²) >= 11 is 1.65. The summed E-state index contributed by atoms with van der Waals surface area (Å²) in [6.07, 6.45) is 3.51. The van der Waals surface area contributed by atoms with Crippen LogP contribution in [0.15, 0.2) is 66.9 Å². The Kier molecular flexibility index (Phi) is 8.81. The van der Waals surface area contributed by atoms with E-state index in [1.54, 1.807) is 18.4 Å². The van der Waals surface area contributed by atoms with Gasteiger partial charge in [-0.15, -0.1) is 11.3 Å². The summed E-state index contributed by atoms with van der Waals surface area (Å²) in [5.41, 5.74) is 12.3. The van der Waals surface area contributed by atoms with E-state index in [-0.39, 0.29) is 0 Å². The molecule has 0 bridgehead atoms. The highest BCUT2D eigenvalue weighted by Crippen LogP contribution is 2.40. The zero-order valence-electron chi connectivity index (χ0n) is 24.9. The second kappa shape index (κ2) is 12.7. The van der Waals surface area contributed by atoms with Gasteiger partial charge < -0.3 is 29.3 Å². The van der Waals surface area contributed by atoms with Crippen LogP contribution in [0.25, 0.3) is 32.4 Å². The Morgan fingerprint density at radius 1 is 1.07 bits per heavy atom. The Morgan fingerprint density at radius 3 is 2.62 bits per heavy atom. The highest BCUT2D eigenvalue weighted by Gasteiger charge is 2.20. The van der Waals surface area contributed by atoms with E-state index in [0.29, 0.717) is 23.4 Å². The number of nitrogens with zero attached hydrogens (tertiary/aromatic N) is 5. The van der Waals surface area contributed by atoms with Crippen molar-refractivity contribution in [2.24, 2.45) is 0 Å². The molecule has 0 aliphatic carbocycles. The molecular formula is C31H38N8O2S. The number of fused-ring (bicyclic) bond motifs is 2. The molecule has 0 radical (unpaired) electrons. The highest BCUT2D eigenvalue weighted by atomic mass is 32.1. The molecule has 220 valence electrons. The Balaban J connectivity index is 1.58. The molecule has 0 unspecified atom stereocenters. The van der Waals surface area contributed by atoms with E-state index in [4.69, 9.17) is 19.5 Å². The minimum absolute atomic E-state index is 0.310. The molecule has 0 aliphatic rings. The SMILES string of the molecule is C=CONNc1cc(Nc2nc(-c3cn(C(C)C)c4ccccc34)c3sccc3n2)c(OC)cc1N(C)CCN(C)C. The van der Waals surface area contributed by atoms with Crippen LogP contribution >= 0.6 is 11.3 Å². The van der Waals surface area contributed by atoms with E-state index in [1.807, 2.05) is 25.2 Å². The lowest BCUT2D eigenvalue weighted by Gasteiger charge is -2.26. The van der Waals surface area contributed by atoms with Crippen LogP contribution in [0, 0.1) is 0 Å². The van der Waals surface area contributed by atoms with E-state index >= 15 is 0 Å². The maximum Gasteiger partial charge on any atom is 0.228 e. The van der Waals surface area contributed by atoms with E-state index in [9.17, 15) is 0 Å². The predicted octanol–water partition coefficient (Wildman–Crippen LogP) is 6.64. The van der Waals surface area contributed by atoms with Gasteiger partial charge in [-0.25, -0.2) is 9.97 Å². The lowest BCUT2D eigenvalue weighted by molar-refractivity contribution is 0.158. The van der Waals surface area contributed by atoms with Gasteiger partial charge in [0, 0.05) is 54.9 Å². The number of rotatable bonds is 13. The Hall–Kier alpha value is -4.32. The number of anilines is 4. The van der Waals surface area contributed by atoms with Crippen LogP contribution in [-0.4, -0.2) is 60.8 Å². The average molecular weight is 587 g/mol. The number of aromatic nitrogens is 3. The Bertz CT molecular complexity index is 1690. The van der Waals surface area contributed by atoms with Gasteiger partial charge in [0.05, 0.1) is 40.1 Å². The van der Waals surface area contributed by atoms with Gasteiger partial charge >= 0.3 is 0 Å². The third kappa shape index (κ3) is 5.98. The number of benzene rings is 2. The van der Waals surface area contributed by atoms with Crippen LogP contribution in [0.5, 0.6) is 5.75 Å². The van der Waals surface area contributed by atoms with Crippen molar-refractivity contribution < 1.29 is 9.57 Å². The number of hydrazine groups is 1. The van der Waals surface area contributed by atoms with Gasteiger partial charge in [0.2, 0.25) is 5.95 Å². The number of hydrogen-bond donors (Lipinski definition) is 3. The highest BCUT2D eigenvalue weighted by molar-refractivity contribution is 7.17. The molecule has 0 spiro atoms. The summed E-state index contributed by atoms with van der Waals surface area (Å²) in [5, 5.41) is 6.65. The second-order valence-corrected chi connectivity index (χ2v) is 11.4. The molecular weight excluding hydrogens is 548 g/mol. The quantitative estimate of drug-likeness (QED) is 0.0798. The third-order valence-electron chi connectivity index (χ3n) is 7.04. The number of methoxy groups -OCH3 is 1. The van der Waals surface area contributed by atoms with Crippen molar-refractivity contribution in [2.45, 2.75) is 19.9 Å². The largest absolute Gasteiger partial charge is 0.494 e. The smallest absolute Gasteiger partial charge is 0.228 e. The molecule has 2 aromatic carbocycles. The molecule has 0 saturated heterocycles. The summed E-state index contributed by atoms with van der Waals surface area (Å²) in [4.78, 5) is 19.4. The molecule has 0 aliphatic heterocycles. The van der Waals surface area contributed by atoms with Crippen molar-refractivity contribution in [1.82, 2.24) is 25.0 Å². The molecule has 0 fully saturated rings. The topological polar surface area (TPSA) is 91.7 Å². The molecule has 0 amide bonds. The van der Waals surface area contributed by atoms with E-state index in [1.165, 1.54) is 11.8 Å². The summed E-state index contributed by atoms with van der Waals surface area (Å²) in [6.45, 7) is 9.68. The Labute approximate surface area is 250 Å². The first-order chi connectivity index (χ1) is 20.3. The maximum absolute atomic E-state index is 5.84. The number of nitrogens with one attached hydrogen (secondary N) is 3. The fraction of sp³-hybridized carbons (Fsp3) is 0.290. The average Bonchev–Trinajstić information content (AvgIpc) is 3.61. The monoisotopic (exact) mass is 586 g/mol. The number of likely N-dealkylation sites (N-methyl/N-ethyl adjacent to an activating group) is 2. The Morgan fingerprint density at radius 2 is 1.88 bits per heavy atom. The number of thiophene rings is 1. The van der Waals surface area contributed by atoms with Crippen molar-refractivity contribution >= 4 is 55.5 Å². The molecule has 3 heterocycles. The summed E-state index contributed by atoms with van der Waals surface area (Å²) in [7, 11) is 7.81. The summed E-state index contributed by atoms with van der Waals surface area (Å²) < 4.78 is 9.18. The van der Waals surface area contributed by atoms with Crippen LogP contribution in [0.2, 0.25) is 0 Å². The van der Waals surface area contributed by atoms with Gasteiger partial charge in [-0.1, -0.05) is 30.4 Å². The lowest BCUT2D eigenvalue weighted by Crippen LogP contribution is -2.30. The van der Waals surface area contributed by atoms with E-state index in [2.05, 4.69) is 101 Å². The summed E-state index contributed by atoms with van der Waals surface area (Å²) in [6, 6.07) is 14.7. The fourth-order valence-corrected chi connectivity index (χ4v) is 5.73. The van der Waals surface area contributed by atoms with Gasteiger partial charge in [0.15, 0.2) is 0 Å². The predicted molar refractivity (Wildman–Crippen MR) is 175 cm³/mol. The molecule has 10 nitrogen and oxygen atoms in total. The molecule has 3 aromatic heterocycles. The van der Waals surface area contributed by atoms with Gasteiger partial charge in [0.1, 0.15) is 12.0 Å². The second-order valence-electron chi connectivity index (χ2n) is 10.5. The third-order valence-corrected chi connectivity index (χ3v) is 7.95. The molecule has 0 saturated carbocycles. The van der Waals surface area contributed by atoms with E-state index < -0.39 is 0 Å². The van der Waals surface area contributed by atoms with Crippen LogP contribution in [0.3, 0.4) is 0 Å². The van der Waals surface area contributed by atoms with Crippen molar-refractivity contribution in [3.63, 3.8) is 0 Å². The van der Waals surface area contributed by atoms with Gasteiger partial charge in [0.25, 0.3) is 0 Å². The molecule has 3 N–H and O–H groups in total. The zero-order valence-corrected chi connectivity index (χ0v) is 25.7. The fourth-order valence-electron chi connectivity index (χ4n) is 4.89. The molecule has 11 heteroatoms. The lowest BCUT2D eigenvalue weighted by atomic mass is 10.1. The maximum atomic E-state index is 5.84. The molecule has 42 heavy (non-hydrogen) atoms. The van der Waals surface area contributed by atoms with Crippen molar-refractivity contribution in [1.29, 1.82) is 0 Å². The molecule has 5 aromatic rings. The van der Waals surface area contributed by atoms with Gasteiger partial charge in [-0.2, -0.15) is 0 Å². The molecule has 5 rings (SSSR count). The number of hydrogen-bond acceptors (Lipinski definition) is 10. The molecule has 0 atom stereocenters. The van der Waals surface area contributed by atoms with Crippen LogP contribution in [0.4, 0.5) is 23.0 Å². The van der Waals surface area contributed by atoms with Crippen LogP contribution < -0.4 is 26.0 Å². The van der Waals surface area contributed by atoms with Gasteiger partial charge in [-0.05, 0) is 51.5 Å². The van der Waals surface area contributed by atoms with Crippen molar-refractivity contribution in [3.05, 3.63) is 66.9 Å². The standard InChI is InChI=1S/C31H38N8O2S/c1-8-41-36-35-24-17-25(28(40-7)18-27(24)38(6)15-14-37(4)5)33-31-32-23-13-16-42-30(23)29(34-31)22-19-39(20(2)3)26-12-10-9-11-21(22)26/h8-13,16-20,35-36H,1,14-15H2,2-7H3,(H,32,33,34). The van der Waals surface area contributed by atoms with Crippen LogP contribution in [0.1, 0.15) is 19.9 Å². The van der Waals surface area contributed by atoms with Gasteiger partial charge in [-0.3, -0.25) is 5.43 Å². The van der Waals surface area contributed by atoms with Crippen molar-refractivity contribution in [3.8, 4) is 17.0 Å². The van der Waals surface area contributed by atoms with E-state index in [0.717, 1.165) is 51.3 Å².